The first-order chi connectivity index (χ1) is 18.5. The lowest BCUT2D eigenvalue weighted by Crippen LogP contribution is -2.47. The quantitative estimate of drug-likeness (QED) is 0.383. The van der Waals surface area contributed by atoms with Crippen LogP contribution in [0.5, 0.6) is 0 Å². The van der Waals surface area contributed by atoms with E-state index < -0.39 is 18.1 Å². The highest BCUT2D eigenvalue weighted by molar-refractivity contribution is 5.83. The lowest BCUT2D eigenvalue weighted by Gasteiger charge is -2.34. The van der Waals surface area contributed by atoms with E-state index in [1.807, 2.05) is 44.3 Å². The number of aromatic nitrogens is 1. The second kappa shape index (κ2) is 13.6. The van der Waals surface area contributed by atoms with E-state index in [0.717, 1.165) is 34.5 Å². The number of carbonyl (C=O) groups is 2. The number of hydrogen-bond donors (Lipinski definition) is 2. The molecule has 2 aromatic rings. The number of aryl methyl sites for hydroxylation is 2. The Hall–Kier alpha value is -3.45. The summed E-state index contributed by atoms with van der Waals surface area (Å²) in [5, 5.41) is 12.8. The first-order valence-corrected chi connectivity index (χ1v) is 13.8. The van der Waals surface area contributed by atoms with Crippen LogP contribution in [0.25, 0.3) is 11.3 Å². The molecule has 2 heterocycles. The zero-order valence-electron chi connectivity index (χ0n) is 24.4. The van der Waals surface area contributed by atoms with E-state index >= 15 is 0 Å². The molecule has 0 saturated carbocycles. The van der Waals surface area contributed by atoms with Crippen molar-refractivity contribution < 1.29 is 14.7 Å². The van der Waals surface area contributed by atoms with Gasteiger partial charge in [-0.2, -0.15) is 0 Å². The average molecular weight is 533 g/mol. The third-order valence-corrected chi connectivity index (χ3v) is 7.22. The van der Waals surface area contributed by atoms with Crippen molar-refractivity contribution in [2.75, 3.05) is 27.2 Å². The summed E-state index contributed by atoms with van der Waals surface area (Å²) in [5.74, 6) is -0.440. The number of carboxylic acids is 1. The molecule has 3 atom stereocenters. The lowest BCUT2D eigenvalue weighted by atomic mass is 9.95. The van der Waals surface area contributed by atoms with Crippen molar-refractivity contribution in [1.82, 2.24) is 20.1 Å². The highest BCUT2D eigenvalue weighted by atomic mass is 16.4. The molecule has 0 bridgehead atoms. The standard InChI is InChI=1S/C32H44N4O3/c1-21(2)17-29(36-15-12-25(13-16-36)24(5)20-35(6)7)32(39)34-27(19-30(37)38)26-11-14-33-28(18-26)31-22(3)9-8-10-23(31)4/h8-15,18,21,24,27,29H,16-17,19-20H2,1-7H3,(H,34,39)(H,37,38)/t24?,27-,29-/m0/s1. The van der Waals surface area contributed by atoms with Crippen LogP contribution in [-0.2, 0) is 9.59 Å². The monoisotopic (exact) mass is 532 g/mol. The number of amides is 1. The van der Waals surface area contributed by atoms with Crippen LogP contribution in [0, 0.1) is 25.7 Å². The molecule has 0 saturated heterocycles. The summed E-state index contributed by atoms with van der Waals surface area (Å²) in [6, 6.07) is 8.72. The third kappa shape index (κ3) is 8.27. The van der Waals surface area contributed by atoms with Crippen molar-refractivity contribution in [1.29, 1.82) is 0 Å². The van der Waals surface area contributed by atoms with Gasteiger partial charge in [0.05, 0.1) is 18.2 Å². The number of carboxylic acid groups (broad SMARTS) is 1. The fraction of sp³-hybridized carbons (Fsp3) is 0.469. The predicted octanol–water partition coefficient (Wildman–Crippen LogP) is 5.37. The highest BCUT2D eigenvalue weighted by Gasteiger charge is 2.29. The normalized spacial score (nSPS) is 15.7. The van der Waals surface area contributed by atoms with Gasteiger partial charge in [0.15, 0.2) is 0 Å². The summed E-state index contributed by atoms with van der Waals surface area (Å²) >= 11 is 0. The summed E-state index contributed by atoms with van der Waals surface area (Å²) in [6.45, 7) is 12.1. The SMILES string of the molecule is Cc1cccc(C)c1-c1cc([C@H](CC(=O)O)NC(=O)[C@H](CC(C)C)N2C=CC(C(C)CN(C)C)=CC2)ccn1. The molecule has 7 nitrogen and oxygen atoms in total. The van der Waals surface area contributed by atoms with Crippen LogP contribution in [0.4, 0.5) is 0 Å². The average Bonchev–Trinajstić information content (AvgIpc) is 2.86. The molecule has 1 aliphatic heterocycles. The summed E-state index contributed by atoms with van der Waals surface area (Å²) < 4.78 is 0. The van der Waals surface area contributed by atoms with Crippen LogP contribution in [0.15, 0.2) is 60.5 Å². The van der Waals surface area contributed by atoms with Crippen LogP contribution in [-0.4, -0.2) is 65.0 Å². The molecule has 3 rings (SSSR count). The van der Waals surface area contributed by atoms with Gasteiger partial charge in [-0.15, -0.1) is 0 Å². The zero-order chi connectivity index (χ0) is 28.7. The van der Waals surface area contributed by atoms with Crippen molar-refractivity contribution in [2.24, 2.45) is 11.8 Å². The number of nitrogens with one attached hydrogen (secondary N) is 1. The second-order valence-electron chi connectivity index (χ2n) is 11.4. The minimum atomic E-state index is -0.966. The lowest BCUT2D eigenvalue weighted by molar-refractivity contribution is -0.138. The van der Waals surface area contributed by atoms with E-state index in [4.69, 9.17) is 0 Å². The molecule has 0 spiro atoms. The van der Waals surface area contributed by atoms with Gasteiger partial charge in [-0.1, -0.05) is 45.0 Å². The van der Waals surface area contributed by atoms with Crippen molar-refractivity contribution in [3.8, 4) is 11.3 Å². The number of benzene rings is 1. The summed E-state index contributed by atoms with van der Waals surface area (Å²) in [6.07, 6.45) is 8.47. The first kappa shape index (κ1) is 30.1. The van der Waals surface area contributed by atoms with Gasteiger partial charge in [0.1, 0.15) is 6.04 Å². The minimum absolute atomic E-state index is 0.164. The molecule has 0 radical (unpaired) electrons. The molecule has 1 amide bonds. The van der Waals surface area contributed by atoms with Gasteiger partial charge in [-0.3, -0.25) is 14.6 Å². The van der Waals surface area contributed by atoms with Crippen LogP contribution < -0.4 is 5.32 Å². The Labute approximate surface area is 233 Å². The second-order valence-corrected chi connectivity index (χ2v) is 11.4. The van der Waals surface area contributed by atoms with E-state index in [1.165, 1.54) is 5.57 Å². The van der Waals surface area contributed by atoms with Crippen molar-refractivity contribution in [3.05, 3.63) is 77.1 Å². The Balaban J connectivity index is 1.85. The number of hydrogen-bond acceptors (Lipinski definition) is 5. The Morgan fingerprint density at radius 3 is 2.38 bits per heavy atom. The van der Waals surface area contributed by atoms with E-state index in [-0.39, 0.29) is 12.3 Å². The molecule has 2 N–H and O–H groups in total. The summed E-state index contributed by atoms with van der Waals surface area (Å²) in [5.41, 5.74) is 6.00. The largest absolute Gasteiger partial charge is 0.481 e. The molecule has 1 aromatic heterocycles. The van der Waals surface area contributed by atoms with E-state index in [2.05, 4.69) is 67.1 Å². The number of rotatable bonds is 12. The Morgan fingerprint density at radius 2 is 1.82 bits per heavy atom. The maximum atomic E-state index is 13.7. The number of carbonyl (C=O) groups excluding carboxylic acids is 1. The predicted molar refractivity (Wildman–Crippen MR) is 157 cm³/mol. The molecule has 1 aromatic carbocycles. The molecule has 0 aliphatic carbocycles. The van der Waals surface area contributed by atoms with Crippen LogP contribution >= 0.6 is 0 Å². The van der Waals surface area contributed by atoms with Gasteiger partial charge in [-0.25, -0.2) is 0 Å². The van der Waals surface area contributed by atoms with Gasteiger partial charge in [0, 0.05) is 31.0 Å². The maximum absolute atomic E-state index is 13.7. The number of pyridine rings is 1. The fourth-order valence-corrected chi connectivity index (χ4v) is 5.32. The topological polar surface area (TPSA) is 85.8 Å². The number of allylic oxidation sites excluding steroid dienone is 1. The molecular weight excluding hydrogens is 488 g/mol. The van der Waals surface area contributed by atoms with E-state index in [0.29, 0.717) is 24.8 Å². The van der Waals surface area contributed by atoms with E-state index in [1.54, 1.807) is 12.3 Å². The molecule has 1 aliphatic rings. The van der Waals surface area contributed by atoms with Crippen molar-refractivity contribution in [3.63, 3.8) is 0 Å². The molecule has 0 fully saturated rings. The zero-order valence-corrected chi connectivity index (χ0v) is 24.4. The van der Waals surface area contributed by atoms with Crippen LogP contribution in [0.3, 0.4) is 0 Å². The van der Waals surface area contributed by atoms with Gasteiger partial charge < -0.3 is 20.2 Å². The van der Waals surface area contributed by atoms with Crippen LogP contribution in [0.2, 0.25) is 0 Å². The Morgan fingerprint density at radius 1 is 1.13 bits per heavy atom. The van der Waals surface area contributed by atoms with Gasteiger partial charge >= 0.3 is 5.97 Å². The Kier molecular flexibility index (Phi) is 10.5. The van der Waals surface area contributed by atoms with Crippen molar-refractivity contribution in [2.45, 2.75) is 59.5 Å². The first-order valence-electron chi connectivity index (χ1n) is 13.8. The third-order valence-electron chi connectivity index (χ3n) is 7.22. The molecular formula is C32H44N4O3. The van der Waals surface area contributed by atoms with E-state index in [9.17, 15) is 14.7 Å². The highest BCUT2D eigenvalue weighted by Crippen LogP contribution is 2.29. The summed E-state index contributed by atoms with van der Waals surface area (Å²) in [7, 11) is 4.14. The van der Waals surface area contributed by atoms with Gasteiger partial charge in [0.2, 0.25) is 5.91 Å². The Bertz CT molecular complexity index is 1200. The molecule has 1 unspecified atom stereocenters. The summed E-state index contributed by atoms with van der Waals surface area (Å²) in [4.78, 5) is 34.4. The fourth-order valence-electron chi connectivity index (χ4n) is 5.32. The van der Waals surface area contributed by atoms with Crippen LogP contribution in [0.1, 0.15) is 56.3 Å². The molecule has 210 valence electrons. The smallest absolute Gasteiger partial charge is 0.305 e. The molecule has 7 heteroatoms. The number of nitrogens with zero attached hydrogens (tertiary/aromatic N) is 3. The maximum Gasteiger partial charge on any atom is 0.305 e. The van der Waals surface area contributed by atoms with Crippen molar-refractivity contribution >= 4 is 11.9 Å². The van der Waals surface area contributed by atoms with Gasteiger partial charge in [0.25, 0.3) is 0 Å². The number of aliphatic carboxylic acids is 1. The van der Waals surface area contributed by atoms with Gasteiger partial charge in [-0.05, 0) is 86.7 Å². The minimum Gasteiger partial charge on any atom is -0.481 e. The molecule has 39 heavy (non-hydrogen) atoms.